The molecule has 1 aromatic rings. The Morgan fingerprint density at radius 2 is 1.75 bits per heavy atom. The first kappa shape index (κ1) is 16.7. The lowest BCUT2D eigenvalue weighted by atomic mass is 10.2. The van der Waals surface area contributed by atoms with Crippen LogP contribution < -0.4 is 0 Å². The minimum atomic E-state index is -3.60. The second kappa shape index (κ2) is 6.41. The fourth-order valence-electron chi connectivity index (χ4n) is 2.22. The number of hydrogen-bond acceptors (Lipinski definition) is 4. The number of nitrogens with zero attached hydrogens (tertiary/aromatic N) is 1. The summed E-state index contributed by atoms with van der Waals surface area (Å²) in [5, 5.41) is 0. The van der Waals surface area contributed by atoms with Crippen molar-refractivity contribution in [2.45, 2.75) is 39.5 Å². The monoisotopic (exact) mass is 302 g/mol. The van der Waals surface area contributed by atoms with Crippen LogP contribution in [0.1, 0.15) is 42.5 Å². The largest absolute Gasteiger partial charge is 0.461 e. The molecule has 1 heterocycles. The van der Waals surface area contributed by atoms with E-state index in [1.807, 2.05) is 0 Å². The summed E-state index contributed by atoms with van der Waals surface area (Å²) in [7, 11) is -3.60. The standard InChI is InChI=1S/C13H22N2O4S/c1-6-15(7-2)20(17,18)12-9(4)11(14-10(12)5)13(16)19-8-3/h14H,6-8H2,1-5H3. The van der Waals surface area contributed by atoms with Crippen LogP contribution in [-0.4, -0.2) is 43.4 Å². The summed E-state index contributed by atoms with van der Waals surface area (Å²) in [6.45, 7) is 9.55. The fourth-order valence-corrected chi connectivity index (χ4v) is 4.08. The van der Waals surface area contributed by atoms with Crippen LogP contribution >= 0.6 is 0 Å². The van der Waals surface area contributed by atoms with Gasteiger partial charge in [0.25, 0.3) is 0 Å². The van der Waals surface area contributed by atoms with Crippen molar-refractivity contribution in [3.63, 3.8) is 0 Å². The molecule has 0 aliphatic heterocycles. The van der Waals surface area contributed by atoms with E-state index in [1.54, 1.807) is 34.6 Å². The van der Waals surface area contributed by atoms with E-state index in [9.17, 15) is 13.2 Å². The minimum Gasteiger partial charge on any atom is -0.461 e. The van der Waals surface area contributed by atoms with Gasteiger partial charge in [-0.25, -0.2) is 13.2 Å². The Labute approximate surface area is 120 Å². The summed E-state index contributed by atoms with van der Waals surface area (Å²) in [6.07, 6.45) is 0. The average Bonchev–Trinajstić information content (AvgIpc) is 2.66. The SMILES string of the molecule is CCOC(=O)c1[nH]c(C)c(S(=O)(=O)N(CC)CC)c1C. The number of carbonyl (C=O) groups is 1. The molecule has 0 fully saturated rings. The highest BCUT2D eigenvalue weighted by Gasteiger charge is 2.30. The summed E-state index contributed by atoms with van der Waals surface area (Å²) in [5.41, 5.74) is 1.07. The summed E-state index contributed by atoms with van der Waals surface area (Å²) >= 11 is 0. The molecule has 0 radical (unpaired) electrons. The van der Waals surface area contributed by atoms with E-state index >= 15 is 0 Å². The minimum absolute atomic E-state index is 0.171. The fraction of sp³-hybridized carbons (Fsp3) is 0.615. The smallest absolute Gasteiger partial charge is 0.355 e. The molecule has 1 aromatic heterocycles. The number of aryl methyl sites for hydroxylation is 1. The van der Waals surface area contributed by atoms with E-state index in [0.29, 0.717) is 24.3 Å². The molecule has 1 N–H and O–H groups in total. The zero-order chi connectivity index (χ0) is 15.5. The van der Waals surface area contributed by atoms with Crippen LogP contribution in [0.4, 0.5) is 0 Å². The number of H-pyrrole nitrogens is 1. The number of carbonyl (C=O) groups excluding carboxylic acids is 1. The number of ether oxygens (including phenoxy) is 1. The van der Waals surface area contributed by atoms with E-state index in [2.05, 4.69) is 4.98 Å². The van der Waals surface area contributed by atoms with Crippen molar-refractivity contribution in [2.75, 3.05) is 19.7 Å². The van der Waals surface area contributed by atoms with Gasteiger partial charge in [0.15, 0.2) is 0 Å². The van der Waals surface area contributed by atoms with Crippen LogP contribution in [0.2, 0.25) is 0 Å². The molecule has 0 aliphatic carbocycles. The van der Waals surface area contributed by atoms with E-state index in [0.717, 1.165) is 0 Å². The Balaban J connectivity index is 3.37. The quantitative estimate of drug-likeness (QED) is 0.813. The Kier molecular flexibility index (Phi) is 5.35. The van der Waals surface area contributed by atoms with Crippen molar-refractivity contribution in [1.29, 1.82) is 0 Å². The highest BCUT2D eigenvalue weighted by atomic mass is 32.2. The first-order valence-electron chi connectivity index (χ1n) is 6.67. The molecule has 0 atom stereocenters. The number of aromatic nitrogens is 1. The Morgan fingerprint density at radius 1 is 1.20 bits per heavy atom. The lowest BCUT2D eigenvalue weighted by Gasteiger charge is -2.18. The van der Waals surface area contributed by atoms with Crippen LogP contribution in [0.3, 0.4) is 0 Å². The number of rotatable bonds is 6. The third-order valence-corrected chi connectivity index (χ3v) is 5.48. The lowest BCUT2D eigenvalue weighted by Crippen LogP contribution is -2.31. The van der Waals surface area contributed by atoms with Gasteiger partial charge in [-0.1, -0.05) is 13.8 Å². The van der Waals surface area contributed by atoms with Crippen LogP contribution in [0.15, 0.2) is 4.90 Å². The molecule has 1 rings (SSSR count). The normalized spacial score (nSPS) is 11.9. The predicted molar refractivity (Wildman–Crippen MR) is 76.3 cm³/mol. The van der Waals surface area contributed by atoms with Gasteiger partial charge < -0.3 is 9.72 Å². The van der Waals surface area contributed by atoms with Crippen molar-refractivity contribution in [1.82, 2.24) is 9.29 Å². The molecular formula is C13H22N2O4S. The van der Waals surface area contributed by atoms with Crippen molar-refractivity contribution < 1.29 is 17.9 Å². The summed E-state index contributed by atoms with van der Waals surface area (Å²) < 4.78 is 31.5. The molecular weight excluding hydrogens is 280 g/mol. The van der Waals surface area contributed by atoms with Gasteiger partial charge in [-0.3, -0.25) is 0 Å². The molecule has 0 saturated carbocycles. The van der Waals surface area contributed by atoms with Gasteiger partial charge in [0.1, 0.15) is 10.6 Å². The van der Waals surface area contributed by atoms with Gasteiger partial charge in [-0.05, 0) is 20.8 Å². The molecule has 0 unspecified atom stereocenters. The average molecular weight is 302 g/mol. The number of hydrogen-bond donors (Lipinski definition) is 1. The van der Waals surface area contributed by atoms with Gasteiger partial charge in [0.2, 0.25) is 10.0 Å². The summed E-state index contributed by atoms with van der Waals surface area (Å²) in [4.78, 5) is 14.8. The van der Waals surface area contributed by atoms with Crippen molar-refractivity contribution >= 4 is 16.0 Å². The molecule has 0 bridgehead atoms. The van der Waals surface area contributed by atoms with Crippen LogP contribution in [-0.2, 0) is 14.8 Å². The molecule has 6 nitrogen and oxygen atoms in total. The molecule has 20 heavy (non-hydrogen) atoms. The second-order valence-electron chi connectivity index (χ2n) is 4.39. The molecule has 0 saturated heterocycles. The maximum Gasteiger partial charge on any atom is 0.355 e. The second-order valence-corrected chi connectivity index (χ2v) is 6.26. The predicted octanol–water partition coefficient (Wildman–Crippen LogP) is 1.84. The number of sulfonamides is 1. The van der Waals surface area contributed by atoms with E-state index in [1.165, 1.54) is 4.31 Å². The van der Waals surface area contributed by atoms with Gasteiger partial charge >= 0.3 is 5.97 Å². The Bertz CT molecular complexity index is 586. The summed E-state index contributed by atoms with van der Waals surface area (Å²) in [5.74, 6) is -0.533. The molecule has 114 valence electrons. The first-order chi connectivity index (χ1) is 9.31. The van der Waals surface area contributed by atoms with Gasteiger partial charge in [0.05, 0.1) is 6.61 Å². The molecule has 0 spiro atoms. The molecule has 0 aliphatic rings. The topological polar surface area (TPSA) is 79.5 Å². The van der Waals surface area contributed by atoms with Crippen LogP contribution in [0, 0.1) is 13.8 Å². The molecule has 7 heteroatoms. The van der Waals surface area contributed by atoms with E-state index in [-0.39, 0.29) is 17.2 Å². The number of nitrogens with one attached hydrogen (secondary N) is 1. The maximum absolute atomic E-state index is 12.6. The number of esters is 1. The number of aromatic amines is 1. The van der Waals surface area contributed by atoms with Gasteiger partial charge in [-0.2, -0.15) is 4.31 Å². The van der Waals surface area contributed by atoms with E-state index in [4.69, 9.17) is 4.74 Å². The third-order valence-electron chi connectivity index (χ3n) is 3.15. The van der Waals surface area contributed by atoms with Crippen molar-refractivity contribution in [2.24, 2.45) is 0 Å². The van der Waals surface area contributed by atoms with Gasteiger partial charge in [0, 0.05) is 24.3 Å². The maximum atomic E-state index is 12.6. The zero-order valence-electron chi connectivity index (χ0n) is 12.6. The third kappa shape index (κ3) is 2.88. The van der Waals surface area contributed by atoms with Crippen molar-refractivity contribution in [3.05, 3.63) is 17.0 Å². The highest BCUT2D eigenvalue weighted by molar-refractivity contribution is 7.89. The van der Waals surface area contributed by atoms with Gasteiger partial charge in [-0.15, -0.1) is 0 Å². The molecule has 0 aromatic carbocycles. The Hall–Kier alpha value is -1.34. The van der Waals surface area contributed by atoms with E-state index < -0.39 is 16.0 Å². The summed E-state index contributed by atoms with van der Waals surface area (Å²) in [6, 6.07) is 0. The first-order valence-corrected chi connectivity index (χ1v) is 8.11. The lowest BCUT2D eigenvalue weighted by molar-refractivity contribution is 0.0519. The van der Waals surface area contributed by atoms with Crippen molar-refractivity contribution in [3.8, 4) is 0 Å². The highest BCUT2D eigenvalue weighted by Crippen LogP contribution is 2.26. The van der Waals surface area contributed by atoms with Crippen LogP contribution in [0.5, 0.6) is 0 Å². The Morgan fingerprint density at radius 3 is 2.20 bits per heavy atom. The molecule has 0 amide bonds. The zero-order valence-corrected chi connectivity index (χ0v) is 13.4. The van der Waals surface area contributed by atoms with Crippen LogP contribution in [0.25, 0.3) is 0 Å².